The zero-order valence-electron chi connectivity index (χ0n) is 11.2. The second kappa shape index (κ2) is 5.16. The molecule has 0 aliphatic heterocycles. The summed E-state index contributed by atoms with van der Waals surface area (Å²) in [5.74, 6) is 1.25. The minimum Gasteiger partial charge on any atom is -0.366 e. The van der Waals surface area contributed by atoms with E-state index in [1.54, 1.807) is 16.6 Å². The van der Waals surface area contributed by atoms with Crippen LogP contribution >= 0.6 is 0 Å². The fraction of sp³-hybridized carbons (Fsp3) is 0.154. The number of anilines is 1. The van der Waals surface area contributed by atoms with Crippen LogP contribution in [0, 0.1) is 17.0 Å². The van der Waals surface area contributed by atoms with Crippen LogP contribution in [-0.4, -0.2) is 24.5 Å². The third-order valence-corrected chi connectivity index (χ3v) is 2.97. The molecule has 0 amide bonds. The van der Waals surface area contributed by atoms with E-state index in [9.17, 15) is 10.1 Å². The molecule has 0 saturated carbocycles. The van der Waals surface area contributed by atoms with Crippen LogP contribution in [0.3, 0.4) is 0 Å². The topological polar surface area (TPSA) is 98.2 Å². The van der Waals surface area contributed by atoms with Crippen LogP contribution in [0.5, 0.6) is 0 Å². The highest BCUT2D eigenvalue weighted by Gasteiger charge is 2.08. The van der Waals surface area contributed by atoms with E-state index in [-0.39, 0.29) is 5.69 Å². The summed E-state index contributed by atoms with van der Waals surface area (Å²) >= 11 is 0. The third-order valence-electron chi connectivity index (χ3n) is 2.97. The van der Waals surface area contributed by atoms with Gasteiger partial charge in [0.25, 0.3) is 11.5 Å². The van der Waals surface area contributed by atoms with Crippen molar-refractivity contribution in [1.82, 2.24) is 19.6 Å². The van der Waals surface area contributed by atoms with E-state index in [0.717, 1.165) is 17.1 Å². The summed E-state index contributed by atoms with van der Waals surface area (Å²) in [5.41, 5.74) is 1.70. The fourth-order valence-corrected chi connectivity index (χ4v) is 2.03. The van der Waals surface area contributed by atoms with Gasteiger partial charge >= 0.3 is 0 Å². The van der Waals surface area contributed by atoms with Crippen molar-refractivity contribution in [3.05, 3.63) is 58.0 Å². The average Bonchev–Trinajstić information content (AvgIpc) is 2.93. The lowest BCUT2D eigenvalue weighted by Crippen LogP contribution is -2.07. The molecule has 8 nitrogen and oxygen atoms in total. The summed E-state index contributed by atoms with van der Waals surface area (Å²) in [4.78, 5) is 18.7. The zero-order chi connectivity index (χ0) is 14.8. The van der Waals surface area contributed by atoms with Crippen molar-refractivity contribution in [2.24, 2.45) is 0 Å². The molecule has 1 N–H and O–H groups in total. The van der Waals surface area contributed by atoms with E-state index in [0.29, 0.717) is 12.3 Å². The quantitative estimate of drug-likeness (QED) is 0.580. The zero-order valence-corrected chi connectivity index (χ0v) is 11.2. The normalized spacial score (nSPS) is 10.7. The number of nitrogens with one attached hydrogen (secondary N) is 1. The van der Waals surface area contributed by atoms with Gasteiger partial charge in [-0.3, -0.25) is 10.1 Å². The van der Waals surface area contributed by atoms with Gasteiger partial charge in [-0.25, -0.2) is 4.98 Å². The maximum absolute atomic E-state index is 10.8. The average molecular weight is 284 g/mol. The maximum Gasteiger partial charge on any atom is 0.269 e. The number of nitrogens with zero attached hydrogens (tertiary/aromatic N) is 5. The van der Waals surface area contributed by atoms with Gasteiger partial charge in [0.05, 0.1) is 4.92 Å². The summed E-state index contributed by atoms with van der Waals surface area (Å²) < 4.78 is 1.59. The molecule has 0 bridgehead atoms. The van der Waals surface area contributed by atoms with Gasteiger partial charge in [0, 0.05) is 30.4 Å². The van der Waals surface area contributed by atoms with Crippen LogP contribution in [0.4, 0.5) is 11.5 Å². The molecule has 0 atom stereocenters. The highest BCUT2D eigenvalue weighted by atomic mass is 16.6. The summed E-state index contributed by atoms with van der Waals surface area (Å²) in [6, 6.07) is 8.35. The van der Waals surface area contributed by atoms with Crippen LogP contribution in [0.2, 0.25) is 0 Å². The summed E-state index contributed by atoms with van der Waals surface area (Å²) in [6.45, 7) is 2.31. The Morgan fingerprint density at radius 1 is 1.38 bits per heavy atom. The van der Waals surface area contributed by atoms with Gasteiger partial charge in [0.1, 0.15) is 12.1 Å². The van der Waals surface area contributed by atoms with Crippen LogP contribution in [0.25, 0.3) is 5.78 Å². The van der Waals surface area contributed by atoms with Crippen LogP contribution < -0.4 is 5.32 Å². The molecule has 0 aliphatic rings. The summed E-state index contributed by atoms with van der Waals surface area (Å²) in [5, 5.41) is 18.1. The second-order valence-electron chi connectivity index (χ2n) is 4.54. The van der Waals surface area contributed by atoms with E-state index >= 15 is 0 Å². The first-order chi connectivity index (χ1) is 10.1. The second-order valence-corrected chi connectivity index (χ2v) is 4.54. The van der Waals surface area contributed by atoms with Gasteiger partial charge in [-0.2, -0.15) is 14.6 Å². The number of hydrogen-bond acceptors (Lipinski definition) is 6. The summed E-state index contributed by atoms with van der Waals surface area (Å²) in [7, 11) is 0. The molecule has 106 valence electrons. The molecule has 2 heterocycles. The highest BCUT2D eigenvalue weighted by Crippen LogP contribution is 2.15. The molecule has 0 unspecified atom stereocenters. The first-order valence-electron chi connectivity index (χ1n) is 6.28. The minimum atomic E-state index is -0.407. The molecular weight excluding hydrogens is 272 g/mol. The Hall–Kier alpha value is -3.03. The van der Waals surface area contributed by atoms with Crippen molar-refractivity contribution >= 4 is 17.3 Å². The van der Waals surface area contributed by atoms with Crippen molar-refractivity contribution < 1.29 is 4.92 Å². The molecule has 21 heavy (non-hydrogen) atoms. The first kappa shape index (κ1) is 13.0. The molecule has 0 aliphatic carbocycles. The van der Waals surface area contributed by atoms with Crippen molar-refractivity contribution in [3.63, 3.8) is 0 Å². The van der Waals surface area contributed by atoms with E-state index in [4.69, 9.17) is 0 Å². The first-order valence-corrected chi connectivity index (χ1v) is 6.28. The Balaban J connectivity index is 1.85. The lowest BCUT2D eigenvalue weighted by molar-refractivity contribution is -0.384. The summed E-state index contributed by atoms with van der Waals surface area (Å²) in [6.07, 6.45) is 1.43. The molecule has 0 saturated heterocycles. The van der Waals surface area contributed by atoms with Crippen molar-refractivity contribution in [3.8, 4) is 0 Å². The number of aromatic nitrogens is 4. The fourth-order valence-electron chi connectivity index (χ4n) is 2.03. The van der Waals surface area contributed by atoms with Gasteiger partial charge < -0.3 is 5.32 Å². The van der Waals surface area contributed by atoms with Gasteiger partial charge in [-0.15, -0.1) is 0 Å². The third kappa shape index (κ3) is 2.64. The standard InChI is InChI=1S/C13H12N6O2/c1-9-5-12(18-13(17-9)15-8-16-18)14-7-10-3-2-4-11(6-10)19(20)21/h2-6,8,14H,7H2,1H3. The Labute approximate surface area is 119 Å². The molecule has 8 heteroatoms. The Morgan fingerprint density at radius 2 is 2.24 bits per heavy atom. The lowest BCUT2D eigenvalue weighted by Gasteiger charge is -2.08. The molecule has 3 aromatic rings. The largest absolute Gasteiger partial charge is 0.366 e. The number of nitro groups is 1. The predicted molar refractivity (Wildman–Crippen MR) is 75.9 cm³/mol. The van der Waals surface area contributed by atoms with E-state index in [1.165, 1.54) is 12.4 Å². The molecular formula is C13H12N6O2. The van der Waals surface area contributed by atoms with E-state index in [2.05, 4.69) is 20.4 Å². The number of aryl methyl sites for hydroxylation is 1. The van der Waals surface area contributed by atoms with Crippen LogP contribution in [-0.2, 0) is 6.54 Å². The van der Waals surface area contributed by atoms with Gasteiger partial charge in [-0.05, 0) is 12.5 Å². The lowest BCUT2D eigenvalue weighted by atomic mass is 10.2. The monoisotopic (exact) mass is 284 g/mol. The molecule has 1 aromatic carbocycles. The number of benzene rings is 1. The van der Waals surface area contributed by atoms with Crippen LogP contribution in [0.1, 0.15) is 11.3 Å². The number of nitro benzene ring substituents is 1. The number of hydrogen-bond donors (Lipinski definition) is 1. The highest BCUT2D eigenvalue weighted by molar-refractivity contribution is 5.45. The van der Waals surface area contributed by atoms with Crippen LogP contribution in [0.15, 0.2) is 36.7 Å². The molecule has 3 rings (SSSR count). The number of rotatable bonds is 4. The molecule has 0 spiro atoms. The van der Waals surface area contributed by atoms with E-state index in [1.807, 2.05) is 19.1 Å². The van der Waals surface area contributed by atoms with Gasteiger partial charge in [0.2, 0.25) is 0 Å². The molecule has 0 fully saturated rings. The van der Waals surface area contributed by atoms with Crippen molar-refractivity contribution in [2.45, 2.75) is 13.5 Å². The van der Waals surface area contributed by atoms with Crippen molar-refractivity contribution in [2.75, 3.05) is 5.32 Å². The number of non-ortho nitro benzene ring substituents is 1. The van der Waals surface area contributed by atoms with Gasteiger partial charge in [-0.1, -0.05) is 12.1 Å². The minimum absolute atomic E-state index is 0.0751. The predicted octanol–water partition coefficient (Wildman–Crippen LogP) is 1.95. The van der Waals surface area contributed by atoms with Gasteiger partial charge in [0.15, 0.2) is 0 Å². The number of fused-ring (bicyclic) bond motifs is 1. The maximum atomic E-state index is 10.8. The SMILES string of the molecule is Cc1cc(NCc2cccc([N+](=O)[O-])c2)n2ncnc2n1. The Kier molecular flexibility index (Phi) is 3.19. The molecule has 0 radical (unpaired) electrons. The molecule has 2 aromatic heterocycles. The smallest absolute Gasteiger partial charge is 0.269 e. The Morgan fingerprint density at radius 3 is 3.05 bits per heavy atom. The Bertz CT molecular complexity index is 813. The van der Waals surface area contributed by atoms with Crippen molar-refractivity contribution in [1.29, 1.82) is 0 Å². The van der Waals surface area contributed by atoms with E-state index < -0.39 is 4.92 Å².